The minimum absolute atomic E-state index is 0.555. The van der Waals surface area contributed by atoms with Gasteiger partial charge in [0.15, 0.2) is 0 Å². The first-order valence-corrected chi connectivity index (χ1v) is 6.86. The van der Waals surface area contributed by atoms with Crippen LogP contribution in [0.15, 0.2) is 24.4 Å². The molecule has 1 aromatic heterocycles. The van der Waals surface area contributed by atoms with Gasteiger partial charge in [0.25, 0.3) is 0 Å². The quantitative estimate of drug-likeness (QED) is 0.911. The highest BCUT2D eigenvalue weighted by atomic mass is 35.5. The fraction of sp³-hybridized carbons (Fsp3) is 0.357. The Balaban J connectivity index is 2.07. The van der Waals surface area contributed by atoms with Crippen molar-refractivity contribution in [2.45, 2.75) is 6.04 Å². The summed E-state index contributed by atoms with van der Waals surface area (Å²) in [6.07, 6.45) is 1.74. The summed E-state index contributed by atoms with van der Waals surface area (Å²) < 4.78 is 5.29. The average molecular weight is 295 g/mol. The molecule has 2 N–H and O–H groups in total. The van der Waals surface area contributed by atoms with Crippen molar-refractivity contribution in [3.63, 3.8) is 0 Å². The van der Waals surface area contributed by atoms with Crippen molar-refractivity contribution < 1.29 is 14.6 Å². The Labute approximate surface area is 121 Å². The van der Waals surface area contributed by atoms with E-state index >= 15 is 0 Å². The first-order chi connectivity index (χ1) is 9.68. The van der Waals surface area contributed by atoms with E-state index in [-0.39, 0.29) is 0 Å². The Hall–Kier alpha value is -1.56. The number of morpholine rings is 1. The zero-order valence-corrected chi connectivity index (χ0v) is 11.6. The van der Waals surface area contributed by atoms with Crippen molar-refractivity contribution in [3.05, 3.63) is 35.0 Å². The molecule has 0 spiro atoms. The number of hydrogen-bond donors (Lipinski definition) is 2. The molecule has 6 heteroatoms. The van der Waals surface area contributed by atoms with Crippen LogP contribution in [0.2, 0.25) is 5.02 Å². The number of carboxylic acid groups (broad SMARTS) is 1. The van der Waals surface area contributed by atoms with Crippen molar-refractivity contribution in [2.24, 2.45) is 0 Å². The van der Waals surface area contributed by atoms with Crippen LogP contribution < -0.4 is 0 Å². The Morgan fingerprint density at radius 3 is 2.85 bits per heavy atom. The zero-order chi connectivity index (χ0) is 14.1. The smallest absolute Gasteiger partial charge is 0.325 e. The van der Waals surface area contributed by atoms with Gasteiger partial charge in [-0.05, 0) is 12.1 Å². The number of H-pyrrole nitrogens is 1. The van der Waals surface area contributed by atoms with Gasteiger partial charge in [-0.2, -0.15) is 0 Å². The lowest BCUT2D eigenvalue weighted by molar-refractivity contribution is -0.145. The van der Waals surface area contributed by atoms with Crippen molar-refractivity contribution in [1.82, 2.24) is 9.88 Å². The summed E-state index contributed by atoms with van der Waals surface area (Å²) in [6, 6.07) is 4.81. The fourth-order valence-electron chi connectivity index (χ4n) is 2.70. The van der Waals surface area contributed by atoms with E-state index in [1.807, 2.05) is 17.0 Å². The van der Waals surface area contributed by atoms with Gasteiger partial charge in [-0.25, -0.2) is 0 Å². The minimum Gasteiger partial charge on any atom is -0.480 e. The molecule has 0 aliphatic carbocycles. The van der Waals surface area contributed by atoms with Gasteiger partial charge in [-0.15, -0.1) is 0 Å². The number of fused-ring (bicyclic) bond motifs is 1. The van der Waals surface area contributed by atoms with Crippen LogP contribution in [-0.2, 0) is 9.53 Å². The Morgan fingerprint density at radius 2 is 2.15 bits per heavy atom. The number of nitrogens with zero attached hydrogens (tertiary/aromatic N) is 1. The lowest BCUT2D eigenvalue weighted by Gasteiger charge is -2.31. The number of carbonyl (C=O) groups is 1. The molecule has 0 amide bonds. The molecule has 1 fully saturated rings. The largest absolute Gasteiger partial charge is 0.480 e. The van der Waals surface area contributed by atoms with Crippen LogP contribution in [0, 0.1) is 0 Å². The molecule has 1 aliphatic rings. The van der Waals surface area contributed by atoms with Gasteiger partial charge in [-0.1, -0.05) is 17.7 Å². The van der Waals surface area contributed by atoms with Crippen molar-refractivity contribution in [2.75, 3.05) is 26.3 Å². The maximum atomic E-state index is 11.7. The number of benzene rings is 1. The molecule has 5 nitrogen and oxygen atoms in total. The van der Waals surface area contributed by atoms with Gasteiger partial charge in [0.1, 0.15) is 6.04 Å². The molecule has 1 saturated heterocycles. The molecule has 1 aliphatic heterocycles. The van der Waals surface area contributed by atoms with E-state index in [1.54, 1.807) is 12.3 Å². The number of aromatic amines is 1. The van der Waals surface area contributed by atoms with Crippen LogP contribution in [0.25, 0.3) is 10.9 Å². The van der Waals surface area contributed by atoms with Crippen molar-refractivity contribution in [3.8, 4) is 0 Å². The molecule has 0 radical (unpaired) electrons. The molecule has 20 heavy (non-hydrogen) atoms. The molecular weight excluding hydrogens is 280 g/mol. The zero-order valence-electron chi connectivity index (χ0n) is 10.8. The topological polar surface area (TPSA) is 65.6 Å². The van der Waals surface area contributed by atoms with Crippen LogP contribution in [0.3, 0.4) is 0 Å². The molecule has 0 unspecified atom stereocenters. The summed E-state index contributed by atoms with van der Waals surface area (Å²) in [5.74, 6) is -0.868. The third-order valence-electron chi connectivity index (χ3n) is 3.62. The summed E-state index contributed by atoms with van der Waals surface area (Å²) in [7, 11) is 0. The molecule has 1 aromatic carbocycles. The van der Waals surface area contributed by atoms with Crippen LogP contribution in [0.4, 0.5) is 0 Å². The predicted octanol–water partition coefficient (Wildman–Crippen LogP) is 2.28. The van der Waals surface area contributed by atoms with E-state index in [9.17, 15) is 9.90 Å². The lowest BCUT2D eigenvalue weighted by atomic mass is 10.0. The second-order valence-electron chi connectivity index (χ2n) is 4.80. The normalized spacial score (nSPS) is 18.2. The molecule has 0 bridgehead atoms. The van der Waals surface area contributed by atoms with Crippen molar-refractivity contribution >= 4 is 28.5 Å². The molecule has 1 atom stereocenters. The van der Waals surface area contributed by atoms with Crippen LogP contribution in [-0.4, -0.2) is 47.3 Å². The number of carboxylic acids is 1. The van der Waals surface area contributed by atoms with Crippen LogP contribution in [0.1, 0.15) is 11.6 Å². The number of aromatic nitrogens is 1. The van der Waals surface area contributed by atoms with Gasteiger partial charge in [0, 0.05) is 35.8 Å². The van der Waals surface area contributed by atoms with Gasteiger partial charge >= 0.3 is 5.97 Å². The van der Waals surface area contributed by atoms with Gasteiger partial charge in [0.2, 0.25) is 0 Å². The van der Waals surface area contributed by atoms with Crippen LogP contribution >= 0.6 is 11.6 Å². The van der Waals surface area contributed by atoms with E-state index in [4.69, 9.17) is 16.3 Å². The third kappa shape index (κ3) is 2.28. The maximum Gasteiger partial charge on any atom is 0.325 e. The number of aliphatic carboxylic acids is 1. The number of ether oxygens (including phenoxy) is 1. The Kier molecular flexibility index (Phi) is 3.65. The lowest BCUT2D eigenvalue weighted by Crippen LogP contribution is -2.42. The second-order valence-corrected chi connectivity index (χ2v) is 5.20. The molecule has 2 heterocycles. The molecule has 2 aromatic rings. The number of rotatable bonds is 3. The first-order valence-electron chi connectivity index (χ1n) is 6.48. The third-order valence-corrected chi connectivity index (χ3v) is 3.94. The second kappa shape index (κ2) is 5.44. The standard InChI is InChI=1S/C14H15ClN2O3/c15-10-2-1-3-11-12(10)9(8-16-11)13(14(18)19)17-4-6-20-7-5-17/h1-3,8,13,16H,4-7H2,(H,18,19)/t13-/m0/s1. The SMILES string of the molecule is O=C(O)[C@H](c1c[nH]c2cccc(Cl)c12)N1CCOCC1. The molecular formula is C14H15ClN2O3. The predicted molar refractivity (Wildman–Crippen MR) is 76.1 cm³/mol. The number of halogens is 1. The van der Waals surface area contributed by atoms with E-state index in [1.165, 1.54) is 0 Å². The Bertz CT molecular complexity index is 634. The highest BCUT2D eigenvalue weighted by Gasteiger charge is 2.31. The Morgan fingerprint density at radius 1 is 1.40 bits per heavy atom. The number of hydrogen-bond acceptors (Lipinski definition) is 3. The van der Waals surface area contributed by atoms with Gasteiger partial charge < -0.3 is 14.8 Å². The minimum atomic E-state index is -0.868. The molecule has 3 rings (SSSR count). The van der Waals surface area contributed by atoms with Gasteiger partial charge in [0.05, 0.1) is 18.2 Å². The average Bonchev–Trinajstić information content (AvgIpc) is 2.85. The molecule has 106 valence electrons. The van der Waals surface area contributed by atoms with E-state index < -0.39 is 12.0 Å². The monoisotopic (exact) mass is 294 g/mol. The maximum absolute atomic E-state index is 11.7. The summed E-state index contributed by atoms with van der Waals surface area (Å²) >= 11 is 6.24. The van der Waals surface area contributed by atoms with Crippen molar-refractivity contribution in [1.29, 1.82) is 0 Å². The highest BCUT2D eigenvalue weighted by molar-refractivity contribution is 6.35. The fourth-order valence-corrected chi connectivity index (χ4v) is 2.99. The van der Waals surface area contributed by atoms with Gasteiger partial charge in [-0.3, -0.25) is 9.69 Å². The van der Waals surface area contributed by atoms with Crippen LogP contribution in [0.5, 0.6) is 0 Å². The number of nitrogens with one attached hydrogen (secondary N) is 1. The summed E-state index contributed by atoms with van der Waals surface area (Å²) in [5.41, 5.74) is 1.56. The summed E-state index contributed by atoms with van der Waals surface area (Å²) in [4.78, 5) is 16.7. The van der Waals surface area contributed by atoms with E-state index in [0.717, 1.165) is 10.9 Å². The molecule has 0 saturated carbocycles. The van der Waals surface area contributed by atoms with E-state index in [2.05, 4.69) is 4.98 Å². The first kappa shape index (κ1) is 13.4. The summed E-state index contributed by atoms with van der Waals surface area (Å²) in [5, 5.41) is 11.0. The highest BCUT2D eigenvalue weighted by Crippen LogP contribution is 2.33. The summed E-state index contributed by atoms with van der Waals surface area (Å²) in [6.45, 7) is 2.32. The van der Waals surface area contributed by atoms with E-state index in [0.29, 0.717) is 36.9 Å².